The second-order valence-corrected chi connectivity index (χ2v) is 6.16. The van der Waals surface area contributed by atoms with Gasteiger partial charge in [-0.3, -0.25) is 9.59 Å². The summed E-state index contributed by atoms with van der Waals surface area (Å²) in [4.78, 5) is 26.1. The van der Waals surface area contributed by atoms with Crippen molar-refractivity contribution in [1.29, 1.82) is 0 Å². The highest BCUT2D eigenvalue weighted by Crippen LogP contribution is 2.19. The Morgan fingerprint density at radius 1 is 1.27 bits per heavy atom. The summed E-state index contributed by atoms with van der Waals surface area (Å²) in [5.74, 6) is 0.425. The summed E-state index contributed by atoms with van der Waals surface area (Å²) in [5.41, 5.74) is 6.01. The van der Waals surface area contributed by atoms with E-state index < -0.39 is 6.04 Å². The van der Waals surface area contributed by atoms with Crippen LogP contribution in [-0.4, -0.2) is 42.4 Å². The second-order valence-electron chi connectivity index (χ2n) is 6.16. The molecule has 1 rings (SSSR count). The Morgan fingerprint density at radius 3 is 2.36 bits per heavy atom. The average molecular weight is 334 g/mol. The van der Waals surface area contributed by atoms with Gasteiger partial charge in [0, 0.05) is 25.6 Å². The summed E-state index contributed by atoms with van der Waals surface area (Å²) < 4.78 is 0. The van der Waals surface area contributed by atoms with Gasteiger partial charge in [0.05, 0.1) is 6.04 Å². The summed E-state index contributed by atoms with van der Waals surface area (Å²) in [6, 6.07) is -0.412. The van der Waals surface area contributed by atoms with Gasteiger partial charge in [-0.1, -0.05) is 33.6 Å². The molecule has 1 aliphatic heterocycles. The molecule has 130 valence electrons. The van der Waals surface area contributed by atoms with Crippen molar-refractivity contribution in [2.45, 2.75) is 58.9 Å². The zero-order valence-corrected chi connectivity index (χ0v) is 15.0. The standard InChI is InChI=1S/C16H31N3O2.ClH/c1-4-6-9-18-15(20)13-7-10-19(11-8-13)16(21)14(17)12(3)5-2;/h12-14H,4-11,17H2,1-3H3,(H,18,20);1H. The smallest absolute Gasteiger partial charge is 0.239 e. The lowest BCUT2D eigenvalue weighted by molar-refractivity contribution is -0.137. The molecule has 0 spiro atoms. The van der Waals surface area contributed by atoms with Gasteiger partial charge in [0.2, 0.25) is 11.8 Å². The number of carbonyl (C=O) groups is 2. The zero-order chi connectivity index (χ0) is 15.8. The molecule has 0 radical (unpaired) electrons. The maximum absolute atomic E-state index is 12.3. The molecule has 5 nitrogen and oxygen atoms in total. The predicted molar refractivity (Wildman–Crippen MR) is 91.9 cm³/mol. The van der Waals surface area contributed by atoms with Crippen LogP contribution in [0.5, 0.6) is 0 Å². The number of hydrogen-bond acceptors (Lipinski definition) is 3. The Bertz CT molecular complexity index is 344. The van der Waals surface area contributed by atoms with Gasteiger partial charge in [-0.25, -0.2) is 0 Å². The van der Waals surface area contributed by atoms with Gasteiger partial charge in [0.15, 0.2) is 0 Å². The van der Waals surface area contributed by atoms with Gasteiger partial charge in [-0.2, -0.15) is 0 Å². The van der Waals surface area contributed by atoms with Gasteiger partial charge in [-0.05, 0) is 25.2 Å². The van der Waals surface area contributed by atoms with E-state index in [4.69, 9.17) is 5.73 Å². The van der Waals surface area contributed by atoms with E-state index in [9.17, 15) is 9.59 Å². The second kappa shape index (κ2) is 10.8. The highest BCUT2D eigenvalue weighted by atomic mass is 35.5. The maximum atomic E-state index is 12.3. The van der Waals surface area contributed by atoms with Crippen LogP contribution in [0.25, 0.3) is 0 Å². The van der Waals surface area contributed by atoms with Crippen molar-refractivity contribution in [3.8, 4) is 0 Å². The quantitative estimate of drug-likeness (QED) is 0.699. The van der Waals surface area contributed by atoms with E-state index in [1.165, 1.54) is 0 Å². The van der Waals surface area contributed by atoms with E-state index in [1.54, 1.807) is 0 Å². The minimum Gasteiger partial charge on any atom is -0.356 e. The maximum Gasteiger partial charge on any atom is 0.239 e. The van der Waals surface area contributed by atoms with E-state index in [1.807, 2.05) is 18.7 Å². The van der Waals surface area contributed by atoms with E-state index in [0.717, 1.165) is 38.6 Å². The third-order valence-electron chi connectivity index (χ3n) is 4.55. The molecule has 0 aromatic heterocycles. The molecule has 2 amide bonds. The fraction of sp³-hybridized carbons (Fsp3) is 0.875. The topological polar surface area (TPSA) is 75.4 Å². The molecule has 1 aliphatic rings. The number of carbonyl (C=O) groups excluding carboxylic acids is 2. The van der Waals surface area contributed by atoms with Crippen LogP contribution in [0.4, 0.5) is 0 Å². The van der Waals surface area contributed by atoms with Crippen LogP contribution in [0.15, 0.2) is 0 Å². The number of nitrogens with one attached hydrogen (secondary N) is 1. The molecule has 1 saturated heterocycles. The summed E-state index contributed by atoms with van der Waals surface area (Å²) >= 11 is 0. The fourth-order valence-corrected chi connectivity index (χ4v) is 2.60. The van der Waals surface area contributed by atoms with Gasteiger partial charge >= 0.3 is 0 Å². The number of nitrogens with two attached hydrogens (primary N) is 1. The van der Waals surface area contributed by atoms with Crippen LogP contribution >= 0.6 is 12.4 Å². The molecule has 2 unspecified atom stereocenters. The fourth-order valence-electron chi connectivity index (χ4n) is 2.60. The lowest BCUT2D eigenvalue weighted by Crippen LogP contribution is -2.50. The first-order valence-corrected chi connectivity index (χ1v) is 8.33. The molecule has 0 saturated carbocycles. The lowest BCUT2D eigenvalue weighted by Gasteiger charge is -2.34. The Kier molecular flexibility index (Phi) is 10.4. The molecule has 0 bridgehead atoms. The van der Waals surface area contributed by atoms with E-state index in [2.05, 4.69) is 12.2 Å². The molecule has 2 atom stereocenters. The third-order valence-corrected chi connectivity index (χ3v) is 4.55. The molecule has 1 heterocycles. The van der Waals surface area contributed by atoms with Gasteiger partial charge in [0.1, 0.15) is 0 Å². The number of nitrogens with zero attached hydrogens (tertiary/aromatic N) is 1. The van der Waals surface area contributed by atoms with Crippen LogP contribution in [0.3, 0.4) is 0 Å². The SMILES string of the molecule is CCCCNC(=O)C1CCN(C(=O)C(N)C(C)CC)CC1.Cl. The van der Waals surface area contributed by atoms with Crippen LogP contribution in [0.2, 0.25) is 0 Å². The number of unbranched alkanes of at least 4 members (excludes halogenated alkanes) is 1. The number of halogens is 1. The minimum absolute atomic E-state index is 0. The molecule has 0 aliphatic carbocycles. The first-order valence-electron chi connectivity index (χ1n) is 8.33. The normalized spacial score (nSPS) is 18.3. The first kappa shape index (κ1) is 21.2. The van der Waals surface area contributed by atoms with Crippen LogP contribution < -0.4 is 11.1 Å². The Hall–Kier alpha value is -0.810. The molecule has 3 N–H and O–H groups in total. The van der Waals surface area contributed by atoms with E-state index in [-0.39, 0.29) is 36.1 Å². The predicted octanol–water partition coefficient (Wildman–Crippen LogP) is 1.94. The lowest BCUT2D eigenvalue weighted by atomic mass is 9.93. The summed E-state index contributed by atoms with van der Waals surface area (Å²) in [5, 5.41) is 2.98. The Balaban J connectivity index is 0.00000441. The van der Waals surface area contributed by atoms with Gasteiger partial charge in [-0.15, -0.1) is 12.4 Å². The molecule has 0 aromatic rings. The Labute approximate surface area is 140 Å². The van der Waals surface area contributed by atoms with Crippen LogP contribution in [-0.2, 0) is 9.59 Å². The van der Waals surface area contributed by atoms with Crippen molar-refractivity contribution in [3.05, 3.63) is 0 Å². The molecule has 6 heteroatoms. The van der Waals surface area contributed by atoms with Crippen molar-refractivity contribution >= 4 is 24.2 Å². The minimum atomic E-state index is -0.412. The number of rotatable bonds is 7. The van der Waals surface area contributed by atoms with Crippen molar-refractivity contribution in [1.82, 2.24) is 10.2 Å². The monoisotopic (exact) mass is 333 g/mol. The highest BCUT2D eigenvalue weighted by molar-refractivity contribution is 5.85. The molecular formula is C16H32ClN3O2. The summed E-state index contributed by atoms with van der Waals surface area (Å²) in [7, 11) is 0. The molecular weight excluding hydrogens is 302 g/mol. The van der Waals surface area contributed by atoms with Crippen molar-refractivity contribution < 1.29 is 9.59 Å². The van der Waals surface area contributed by atoms with E-state index in [0.29, 0.717) is 13.1 Å². The van der Waals surface area contributed by atoms with Gasteiger partial charge < -0.3 is 16.0 Å². The molecule has 1 fully saturated rings. The number of likely N-dealkylation sites (tertiary alicyclic amines) is 1. The van der Waals surface area contributed by atoms with Crippen LogP contribution in [0.1, 0.15) is 52.9 Å². The Morgan fingerprint density at radius 2 is 1.86 bits per heavy atom. The summed E-state index contributed by atoms with van der Waals surface area (Å²) in [6.45, 7) is 8.22. The van der Waals surface area contributed by atoms with Crippen LogP contribution in [0, 0.1) is 11.8 Å². The van der Waals surface area contributed by atoms with Crippen molar-refractivity contribution in [3.63, 3.8) is 0 Å². The average Bonchev–Trinajstić information content (AvgIpc) is 2.52. The molecule has 0 aromatic carbocycles. The van der Waals surface area contributed by atoms with E-state index >= 15 is 0 Å². The largest absolute Gasteiger partial charge is 0.356 e. The number of hydrogen-bond donors (Lipinski definition) is 2. The molecule has 22 heavy (non-hydrogen) atoms. The third kappa shape index (κ3) is 6.13. The number of amides is 2. The van der Waals surface area contributed by atoms with Gasteiger partial charge in [0.25, 0.3) is 0 Å². The zero-order valence-electron chi connectivity index (χ0n) is 14.1. The first-order chi connectivity index (χ1) is 10.0. The highest BCUT2D eigenvalue weighted by Gasteiger charge is 2.30. The number of piperidine rings is 1. The summed E-state index contributed by atoms with van der Waals surface area (Å²) in [6.07, 6.45) is 4.50. The van der Waals surface area contributed by atoms with Crippen molar-refractivity contribution in [2.75, 3.05) is 19.6 Å². The van der Waals surface area contributed by atoms with Crippen molar-refractivity contribution in [2.24, 2.45) is 17.6 Å².